The zero-order chi connectivity index (χ0) is 9.35. The van der Waals surface area contributed by atoms with E-state index in [1.165, 1.54) is 0 Å². The molecule has 2 unspecified atom stereocenters. The second-order valence-electron chi connectivity index (χ2n) is 4.16. The van der Waals surface area contributed by atoms with Gasteiger partial charge in [0, 0.05) is 0 Å². The van der Waals surface area contributed by atoms with E-state index in [0.29, 0.717) is 12.8 Å². The molecule has 2 atom stereocenters. The van der Waals surface area contributed by atoms with Gasteiger partial charge >= 0.3 is 6.18 Å². The second-order valence-corrected chi connectivity index (χ2v) is 4.16. The Morgan fingerprint density at radius 2 is 1.33 bits per heavy atom. The topological polar surface area (TPSA) is 0 Å². The van der Waals surface area contributed by atoms with Gasteiger partial charge < -0.3 is 0 Å². The van der Waals surface area contributed by atoms with Crippen LogP contribution < -0.4 is 0 Å². The van der Waals surface area contributed by atoms with Gasteiger partial charge in [-0.3, -0.25) is 0 Å². The minimum Gasteiger partial charge on any atom is -0.171 e. The van der Waals surface area contributed by atoms with E-state index in [2.05, 4.69) is 0 Å². The summed E-state index contributed by atoms with van der Waals surface area (Å²) in [7, 11) is 0. The molecule has 0 amide bonds. The van der Waals surface area contributed by atoms with Crippen molar-refractivity contribution in [3.05, 3.63) is 0 Å². The predicted molar refractivity (Wildman–Crippen MR) is 41.7 cm³/mol. The van der Waals surface area contributed by atoms with Crippen molar-refractivity contribution in [3.8, 4) is 0 Å². The molecule has 0 radical (unpaired) electrons. The zero-order valence-electron chi connectivity index (χ0n) is 7.49. The van der Waals surface area contributed by atoms with Crippen LogP contribution in [0, 0.1) is 17.8 Å². The summed E-state index contributed by atoms with van der Waals surface area (Å²) in [6.45, 7) is 3.82. The van der Waals surface area contributed by atoms with E-state index >= 15 is 0 Å². The van der Waals surface area contributed by atoms with E-state index in [1.807, 2.05) is 13.8 Å². The summed E-state index contributed by atoms with van der Waals surface area (Å²) in [5, 5.41) is 0. The first-order valence-electron chi connectivity index (χ1n) is 4.46. The number of hydrogen-bond acceptors (Lipinski definition) is 0. The lowest BCUT2D eigenvalue weighted by Gasteiger charge is -2.32. The highest BCUT2D eigenvalue weighted by Gasteiger charge is 2.42. The van der Waals surface area contributed by atoms with Gasteiger partial charge in [0.05, 0.1) is 5.92 Å². The Bertz CT molecular complexity index is 140. The smallest absolute Gasteiger partial charge is 0.171 e. The molecule has 3 heteroatoms. The molecule has 0 saturated heterocycles. The van der Waals surface area contributed by atoms with Crippen LogP contribution in [0.25, 0.3) is 0 Å². The third-order valence-electron chi connectivity index (χ3n) is 2.64. The lowest BCUT2D eigenvalue weighted by molar-refractivity contribution is -0.189. The molecule has 1 aliphatic carbocycles. The fraction of sp³-hybridized carbons (Fsp3) is 1.00. The maximum absolute atomic E-state index is 12.3. The van der Waals surface area contributed by atoms with E-state index in [0.717, 1.165) is 6.42 Å². The van der Waals surface area contributed by atoms with Gasteiger partial charge in [-0.15, -0.1) is 0 Å². The molecule has 0 N–H and O–H groups in total. The standard InChI is InChI=1S/C9H15F3/c1-6-3-7(2)5-8(4-6)9(10,11)12/h6-8H,3-5H2,1-2H3. The van der Waals surface area contributed by atoms with Crippen molar-refractivity contribution in [2.24, 2.45) is 17.8 Å². The van der Waals surface area contributed by atoms with E-state index in [4.69, 9.17) is 0 Å². The van der Waals surface area contributed by atoms with Gasteiger partial charge in [-0.25, -0.2) is 0 Å². The molecular weight excluding hydrogens is 165 g/mol. The van der Waals surface area contributed by atoms with Gasteiger partial charge in [0.2, 0.25) is 0 Å². The molecule has 1 saturated carbocycles. The normalized spacial score (nSPS) is 38.2. The van der Waals surface area contributed by atoms with Gasteiger partial charge in [-0.1, -0.05) is 13.8 Å². The Morgan fingerprint density at radius 1 is 0.917 bits per heavy atom. The highest BCUT2D eigenvalue weighted by atomic mass is 19.4. The molecule has 1 aliphatic rings. The van der Waals surface area contributed by atoms with Crippen molar-refractivity contribution in [2.45, 2.75) is 39.3 Å². The molecule has 0 heterocycles. The summed E-state index contributed by atoms with van der Waals surface area (Å²) in [5.41, 5.74) is 0. The van der Waals surface area contributed by atoms with Crippen LogP contribution in [-0.2, 0) is 0 Å². The third kappa shape index (κ3) is 2.39. The fourth-order valence-electron chi connectivity index (χ4n) is 2.21. The van der Waals surface area contributed by atoms with Crippen LogP contribution in [-0.4, -0.2) is 6.18 Å². The number of alkyl halides is 3. The maximum atomic E-state index is 12.3. The predicted octanol–water partition coefficient (Wildman–Crippen LogP) is 3.62. The Kier molecular flexibility index (Phi) is 2.69. The molecule has 1 fully saturated rings. The van der Waals surface area contributed by atoms with Crippen molar-refractivity contribution in [1.82, 2.24) is 0 Å². The first-order valence-corrected chi connectivity index (χ1v) is 4.46. The van der Waals surface area contributed by atoms with Crippen LogP contribution in [0.1, 0.15) is 33.1 Å². The van der Waals surface area contributed by atoms with Crippen molar-refractivity contribution in [2.75, 3.05) is 0 Å². The average Bonchev–Trinajstić information content (AvgIpc) is 1.82. The van der Waals surface area contributed by atoms with E-state index in [-0.39, 0.29) is 11.8 Å². The van der Waals surface area contributed by atoms with Crippen molar-refractivity contribution < 1.29 is 13.2 Å². The lowest BCUT2D eigenvalue weighted by atomic mass is 9.76. The first-order chi connectivity index (χ1) is 5.39. The molecule has 0 aromatic heterocycles. The molecule has 1 rings (SSSR count). The highest BCUT2D eigenvalue weighted by molar-refractivity contribution is 4.79. The second kappa shape index (κ2) is 3.27. The molecule has 0 aliphatic heterocycles. The number of halogens is 3. The summed E-state index contributed by atoms with van der Waals surface area (Å²) in [6.07, 6.45) is -2.36. The summed E-state index contributed by atoms with van der Waals surface area (Å²) >= 11 is 0. The van der Waals surface area contributed by atoms with Crippen molar-refractivity contribution in [3.63, 3.8) is 0 Å². The molecule has 0 aromatic carbocycles. The largest absolute Gasteiger partial charge is 0.391 e. The van der Waals surface area contributed by atoms with Crippen LogP contribution in [0.4, 0.5) is 13.2 Å². The van der Waals surface area contributed by atoms with Crippen molar-refractivity contribution >= 4 is 0 Å². The Labute approximate surface area is 71.1 Å². The Morgan fingerprint density at radius 3 is 1.67 bits per heavy atom. The summed E-state index contributed by atoms with van der Waals surface area (Å²) in [5.74, 6) is -0.572. The maximum Gasteiger partial charge on any atom is 0.391 e. The van der Waals surface area contributed by atoms with Crippen LogP contribution in [0.5, 0.6) is 0 Å². The third-order valence-corrected chi connectivity index (χ3v) is 2.64. The Balaban J connectivity index is 2.55. The van der Waals surface area contributed by atoms with Gasteiger partial charge in [0.25, 0.3) is 0 Å². The molecule has 0 aromatic rings. The fourth-order valence-corrected chi connectivity index (χ4v) is 2.21. The molecule has 12 heavy (non-hydrogen) atoms. The molecule has 0 bridgehead atoms. The van der Waals surface area contributed by atoms with Gasteiger partial charge in [-0.05, 0) is 31.1 Å². The van der Waals surface area contributed by atoms with E-state index in [1.54, 1.807) is 0 Å². The van der Waals surface area contributed by atoms with Crippen LogP contribution >= 0.6 is 0 Å². The minimum atomic E-state index is -3.97. The van der Waals surface area contributed by atoms with Crippen LogP contribution in [0.15, 0.2) is 0 Å². The summed E-state index contributed by atoms with van der Waals surface area (Å²) < 4.78 is 36.9. The quantitative estimate of drug-likeness (QED) is 0.534. The summed E-state index contributed by atoms with van der Waals surface area (Å²) in [4.78, 5) is 0. The van der Waals surface area contributed by atoms with Gasteiger partial charge in [-0.2, -0.15) is 13.2 Å². The lowest BCUT2D eigenvalue weighted by Crippen LogP contribution is -2.31. The van der Waals surface area contributed by atoms with Crippen LogP contribution in [0.2, 0.25) is 0 Å². The van der Waals surface area contributed by atoms with Gasteiger partial charge in [0.15, 0.2) is 0 Å². The molecule has 72 valence electrons. The highest BCUT2D eigenvalue weighted by Crippen LogP contribution is 2.41. The molecule has 0 spiro atoms. The SMILES string of the molecule is CC1CC(C)CC(C(F)(F)F)C1. The number of hydrogen-bond donors (Lipinski definition) is 0. The first kappa shape index (κ1) is 9.87. The number of rotatable bonds is 0. The van der Waals surface area contributed by atoms with Crippen LogP contribution in [0.3, 0.4) is 0 Å². The average molecular weight is 180 g/mol. The minimum absolute atomic E-state index is 0.236. The molecule has 0 nitrogen and oxygen atoms in total. The van der Waals surface area contributed by atoms with Gasteiger partial charge in [0.1, 0.15) is 0 Å². The zero-order valence-corrected chi connectivity index (χ0v) is 7.49. The molecular formula is C9H15F3. The summed E-state index contributed by atoms with van der Waals surface area (Å²) in [6, 6.07) is 0. The van der Waals surface area contributed by atoms with Crippen molar-refractivity contribution in [1.29, 1.82) is 0 Å². The van der Waals surface area contributed by atoms with E-state index < -0.39 is 12.1 Å². The monoisotopic (exact) mass is 180 g/mol. The Hall–Kier alpha value is -0.210. The van der Waals surface area contributed by atoms with E-state index in [9.17, 15) is 13.2 Å².